The summed E-state index contributed by atoms with van der Waals surface area (Å²) in [6.45, 7) is 4.85. The molecule has 23 heavy (non-hydrogen) atoms. The van der Waals surface area contributed by atoms with Crippen molar-refractivity contribution in [3.8, 4) is 0 Å². The van der Waals surface area contributed by atoms with Crippen molar-refractivity contribution in [1.29, 1.82) is 0 Å². The molecule has 1 amide bonds. The molecule has 1 aliphatic rings. The fourth-order valence-electron chi connectivity index (χ4n) is 2.68. The molecule has 0 unspecified atom stereocenters. The Hall–Kier alpha value is -1.42. The van der Waals surface area contributed by atoms with Crippen LogP contribution in [0.15, 0.2) is 17.2 Å². The maximum Gasteiger partial charge on any atom is 0.270 e. The van der Waals surface area contributed by atoms with Gasteiger partial charge in [-0.05, 0) is 20.0 Å². The third kappa shape index (κ3) is 4.11. The van der Waals surface area contributed by atoms with Gasteiger partial charge in [0.1, 0.15) is 10.6 Å². The number of amides is 1. The third-order valence-electron chi connectivity index (χ3n) is 3.96. The molecule has 8 nitrogen and oxygen atoms in total. The van der Waals surface area contributed by atoms with E-state index in [-0.39, 0.29) is 16.9 Å². The molecular weight excluding hydrogens is 320 g/mol. The van der Waals surface area contributed by atoms with E-state index < -0.39 is 10.0 Å². The van der Waals surface area contributed by atoms with Crippen molar-refractivity contribution >= 4 is 15.9 Å². The first-order chi connectivity index (χ1) is 10.7. The molecule has 9 heteroatoms. The van der Waals surface area contributed by atoms with E-state index in [0.29, 0.717) is 38.4 Å². The number of aliphatic hydroxyl groups excluding tert-OH is 1. The van der Waals surface area contributed by atoms with Crippen LogP contribution in [0.1, 0.15) is 17.4 Å². The monoisotopic (exact) mass is 344 g/mol. The number of carbonyl (C=O) groups is 1. The molecule has 0 aliphatic carbocycles. The molecule has 1 atom stereocenters. The molecule has 130 valence electrons. The van der Waals surface area contributed by atoms with Crippen LogP contribution in [0.2, 0.25) is 0 Å². The van der Waals surface area contributed by atoms with Crippen molar-refractivity contribution in [2.75, 3.05) is 39.8 Å². The minimum absolute atomic E-state index is 0.0820. The van der Waals surface area contributed by atoms with Gasteiger partial charge in [-0.2, -0.15) is 0 Å². The molecule has 1 aliphatic heterocycles. The lowest BCUT2D eigenvalue weighted by Crippen LogP contribution is -2.50. The molecule has 1 aromatic heterocycles. The van der Waals surface area contributed by atoms with Gasteiger partial charge in [-0.15, -0.1) is 0 Å². The topological polar surface area (TPSA) is 94.9 Å². The highest BCUT2D eigenvalue weighted by Crippen LogP contribution is 2.16. The number of sulfonamides is 1. The number of aryl methyl sites for hydroxylation is 1. The standard InChI is InChI=1S/C14H24N4O4S/c1-11(19)9-17-4-6-18(7-5-17)14(20)13-8-12(10-16(13)3)23(21,22)15-2/h8,10-11,15,19H,4-7,9H2,1-3H3/t11-/m1/s1. The second kappa shape index (κ2) is 7.00. The first-order valence-corrected chi connectivity index (χ1v) is 9.02. The Morgan fingerprint density at radius 2 is 1.96 bits per heavy atom. The Labute approximate surface area is 136 Å². The molecule has 1 saturated heterocycles. The summed E-state index contributed by atoms with van der Waals surface area (Å²) < 4.78 is 27.4. The molecular formula is C14H24N4O4S. The first-order valence-electron chi connectivity index (χ1n) is 7.54. The fraction of sp³-hybridized carbons (Fsp3) is 0.643. The normalized spacial score (nSPS) is 18.2. The molecule has 0 aromatic carbocycles. The van der Waals surface area contributed by atoms with E-state index in [9.17, 15) is 18.3 Å². The summed E-state index contributed by atoms with van der Waals surface area (Å²) in [7, 11) is -0.567. The highest BCUT2D eigenvalue weighted by molar-refractivity contribution is 7.89. The van der Waals surface area contributed by atoms with Crippen LogP contribution < -0.4 is 4.72 Å². The molecule has 2 N–H and O–H groups in total. The summed E-state index contributed by atoms with van der Waals surface area (Å²) in [5.41, 5.74) is 0.350. The Bertz CT molecular complexity index is 660. The van der Waals surface area contributed by atoms with Crippen LogP contribution in [0.5, 0.6) is 0 Å². The van der Waals surface area contributed by atoms with Gasteiger partial charge in [0.15, 0.2) is 0 Å². The quantitative estimate of drug-likeness (QED) is 0.720. The van der Waals surface area contributed by atoms with Crippen molar-refractivity contribution < 1.29 is 18.3 Å². The molecule has 2 rings (SSSR count). The maximum atomic E-state index is 12.6. The van der Waals surface area contributed by atoms with Gasteiger partial charge in [0, 0.05) is 46.0 Å². The van der Waals surface area contributed by atoms with Gasteiger partial charge in [0.05, 0.1) is 6.10 Å². The Morgan fingerprint density at radius 1 is 1.35 bits per heavy atom. The van der Waals surface area contributed by atoms with Crippen LogP contribution in [-0.2, 0) is 17.1 Å². The summed E-state index contributed by atoms with van der Waals surface area (Å²) in [5, 5.41) is 9.41. The summed E-state index contributed by atoms with van der Waals surface area (Å²) in [6.07, 6.45) is 1.04. The predicted octanol–water partition coefficient (Wildman–Crippen LogP) is -0.928. The van der Waals surface area contributed by atoms with Gasteiger partial charge in [0.2, 0.25) is 10.0 Å². The number of nitrogens with zero attached hydrogens (tertiary/aromatic N) is 3. The van der Waals surface area contributed by atoms with Crippen molar-refractivity contribution in [3.63, 3.8) is 0 Å². The van der Waals surface area contributed by atoms with Crippen LogP contribution in [0.4, 0.5) is 0 Å². The smallest absolute Gasteiger partial charge is 0.270 e. The number of β-amino-alcohol motifs (C(OH)–C–C–N with tert-alkyl or cyclic N) is 1. The van der Waals surface area contributed by atoms with Crippen molar-refractivity contribution in [3.05, 3.63) is 18.0 Å². The summed E-state index contributed by atoms with van der Waals surface area (Å²) >= 11 is 0. The largest absolute Gasteiger partial charge is 0.392 e. The average molecular weight is 344 g/mol. The Balaban J connectivity index is 2.08. The summed E-state index contributed by atoms with van der Waals surface area (Å²) in [5.74, 6) is -0.179. The number of nitrogens with one attached hydrogen (secondary N) is 1. The molecule has 0 spiro atoms. The van der Waals surface area contributed by atoms with E-state index in [1.54, 1.807) is 18.9 Å². The zero-order valence-electron chi connectivity index (χ0n) is 13.7. The second-order valence-corrected chi connectivity index (χ2v) is 7.71. The van der Waals surface area contributed by atoms with Crippen molar-refractivity contribution in [2.24, 2.45) is 7.05 Å². The zero-order chi connectivity index (χ0) is 17.2. The van der Waals surface area contributed by atoms with E-state index in [2.05, 4.69) is 9.62 Å². The number of hydrogen-bond donors (Lipinski definition) is 2. The highest BCUT2D eigenvalue weighted by atomic mass is 32.2. The van der Waals surface area contributed by atoms with Gasteiger partial charge in [-0.1, -0.05) is 0 Å². The third-order valence-corrected chi connectivity index (χ3v) is 5.34. The first kappa shape index (κ1) is 17.9. The van der Waals surface area contributed by atoms with E-state index in [0.717, 1.165) is 0 Å². The lowest BCUT2D eigenvalue weighted by atomic mass is 10.2. The molecule has 0 bridgehead atoms. The number of piperazine rings is 1. The summed E-state index contributed by atoms with van der Waals surface area (Å²) in [6, 6.07) is 1.40. The lowest BCUT2D eigenvalue weighted by molar-refractivity contribution is 0.0546. The number of aromatic nitrogens is 1. The van der Waals surface area contributed by atoms with Crippen molar-refractivity contribution in [2.45, 2.75) is 17.9 Å². The number of rotatable bonds is 5. The molecule has 0 saturated carbocycles. The Morgan fingerprint density at radius 3 is 2.48 bits per heavy atom. The second-order valence-electron chi connectivity index (χ2n) is 5.82. The predicted molar refractivity (Wildman–Crippen MR) is 85.7 cm³/mol. The average Bonchev–Trinajstić information content (AvgIpc) is 2.89. The Kier molecular flexibility index (Phi) is 5.45. The van der Waals surface area contributed by atoms with Crippen LogP contribution in [0, 0.1) is 0 Å². The van der Waals surface area contributed by atoms with Gasteiger partial charge in [0.25, 0.3) is 5.91 Å². The van der Waals surface area contributed by atoms with Crippen LogP contribution in [0.3, 0.4) is 0 Å². The molecule has 1 fully saturated rings. The van der Waals surface area contributed by atoms with E-state index >= 15 is 0 Å². The fourth-order valence-corrected chi connectivity index (χ4v) is 3.48. The van der Waals surface area contributed by atoms with Crippen LogP contribution >= 0.6 is 0 Å². The number of aliphatic hydroxyl groups is 1. The van der Waals surface area contributed by atoms with E-state index in [4.69, 9.17) is 0 Å². The zero-order valence-corrected chi connectivity index (χ0v) is 14.5. The highest BCUT2D eigenvalue weighted by Gasteiger charge is 2.26. The van der Waals surface area contributed by atoms with Crippen LogP contribution in [-0.4, -0.2) is 79.7 Å². The molecule has 2 heterocycles. The van der Waals surface area contributed by atoms with Gasteiger partial charge in [-0.3, -0.25) is 9.69 Å². The lowest BCUT2D eigenvalue weighted by Gasteiger charge is -2.35. The number of carbonyl (C=O) groups excluding carboxylic acids is 1. The minimum Gasteiger partial charge on any atom is -0.392 e. The van der Waals surface area contributed by atoms with E-state index in [1.807, 2.05) is 0 Å². The maximum absolute atomic E-state index is 12.6. The van der Waals surface area contributed by atoms with Crippen molar-refractivity contribution in [1.82, 2.24) is 19.1 Å². The number of hydrogen-bond acceptors (Lipinski definition) is 5. The van der Waals surface area contributed by atoms with Gasteiger partial charge >= 0.3 is 0 Å². The van der Waals surface area contributed by atoms with Crippen LogP contribution in [0.25, 0.3) is 0 Å². The van der Waals surface area contributed by atoms with E-state index in [1.165, 1.54) is 23.9 Å². The SMILES string of the molecule is CNS(=O)(=O)c1cc(C(=O)N2CCN(C[C@@H](C)O)CC2)n(C)c1. The summed E-state index contributed by atoms with van der Waals surface area (Å²) in [4.78, 5) is 16.5. The van der Waals surface area contributed by atoms with Gasteiger partial charge < -0.3 is 14.6 Å². The molecule has 0 radical (unpaired) electrons. The minimum atomic E-state index is -3.56. The van der Waals surface area contributed by atoms with Gasteiger partial charge in [-0.25, -0.2) is 13.1 Å². The molecule has 1 aromatic rings.